The van der Waals surface area contributed by atoms with Crippen LogP contribution in [0.5, 0.6) is 0 Å². The van der Waals surface area contributed by atoms with Gasteiger partial charge in [0.25, 0.3) is 0 Å². The van der Waals surface area contributed by atoms with Crippen LogP contribution >= 0.6 is 0 Å². The fourth-order valence-electron chi connectivity index (χ4n) is 2.96. The molecule has 1 unspecified atom stereocenters. The number of hydrogen-bond donors (Lipinski definition) is 1. The van der Waals surface area contributed by atoms with Crippen LogP contribution in [0.2, 0.25) is 0 Å². The van der Waals surface area contributed by atoms with Crippen molar-refractivity contribution in [1.29, 1.82) is 0 Å². The average molecular weight is 231 g/mol. The molecule has 2 rings (SSSR count). The molecule has 3 nitrogen and oxygen atoms in total. The van der Waals surface area contributed by atoms with Gasteiger partial charge >= 0.3 is 0 Å². The molecule has 88 valence electrons. The third kappa shape index (κ3) is 2.36. The molecule has 0 aromatic heterocycles. The standard InChI is InChI=1S/C11H21NO2S/c1-9-2-5-11(12,6-3-9)10-4-7-15(13,14)8-10/h9-10H,2-8,12H2,1H3. The molecule has 1 heterocycles. The van der Waals surface area contributed by atoms with Gasteiger partial charge in [0.05, 0.1) is 11.5 Å². The number of nitrogens with two attached hydrogens (primary N) is 1. The zero-order valence-electron chi connectivity index (χ0n) is 9.41. The van der Waals surface area contributed by atoms with Crippen molar-refractivity contribution in [2.45, 2.75) is 44.6 Å². The molecule has 0 radical (unpaired) electrons. The quantitative estimate of drug-likeness (QED) is 0.740. The maximum Gasteiger partial charge on any atom is 0.150 e. The van der Waals surface area contributed by atoms with Crippen LogP contribution in [-0.2, 0) is 9.84 Å². The summed E-state index contributed by atoms with van der Waals surface area (Å²) in [6.45, 7) is 2.25. The summed E-state index contributed by atoms with van der Waals surface area (Å²) in [6, 6.07) is 0. The first kappa shape index (κ1) is 11.4. The normalized spacial score (nSPS) is 45.5. The van der Waals surface area contributed by atoms with Crippen LogP contribution in [0, 0.1) is 11.8 Å². The molecule has 1 atom stereocenters. The van der Waals surface area contributed by atoms with E-state index >= 15 is 0 Å². The first-order valence-electron chi connectivity index (χ1n) is 5.91. The van der Waals surface area contributed by atoms with Gasteiger partial charge in [-0.3, -0.25) is 0 Å². The maximum absolute atomic E-state index is 11.4. The largest absolute Gasteiger partial charge is 0.325 e. The van der Waals surface area contributed by atoms with Gasteiger partial charge in [-0.25, -0.2) is 8.42 Å². The average Bonchev–Trinajstić information content (AvgIpc) is 2.52. The van der Waals surface area contributed by atoms with Crippen LogP contribution in [0.25, 0.3) is 0 Å². The lowest BCUT2D eigenvalue weighted by Crippen LogP contribution is -2.50. The zero-order valence-corrected chi connectivity index (χ0v) is 10.2. The minimum absolute atomic E-state index is 0.184. The summed E-state index contributed by atoms with van der Waals surface area (Å²) in [5, 5.41) is 0. The number of rotatable bonds is 1. The van der Waals surface area contributed by atoms with Gasteiger partial charge in [0.1, 0.15) is 0 Å². The highest BCUT2D eigenvalue weighted by molar-refractivity contribution is 7.91. The van der Waals surface area contributed by atoms with E-state index in [2.05, 4.69) is 6.92 Å². The fourth-order valence-corrected chi connectivity index (χ4v) is 4.88. The van der Waals surface area contributed by atoms with Crippen LogP contribution in [0.1, 0.15) is 39.0 Å². The third-order valence-corrected chi connectivity index (χ3v) is 6.02. The fraction of sp³-hybridized carbons (Fsp3) is 1.00. The first-order chi connectivity index (χ1) is 6.91. The molecule has 2 fully saturated rings. The van der Waals surface area contributed by atoms with Gasteiger partial charge in [-0.05, 0) is 43.9 Å². The molecule has 0 aromatic rings. The van der Waals surface area contributed by atoms with E-state index in [9.17, 15) is 8.42 Å². The molecular formula is C11H21NO2S. The van der Waals surface area contributed by atoms with Crippen molar-refractivity contribution < 1.29 is 8.42 Å². The Morgan fingerprint density at radius 3 is 2.27 bits per heavy atom. The Labute approximate surface area is 92.3 Å². The second kappa shape index (κ2) is 3.74. The second-order valence-corrected chi connectivity index (χ2v) is 7.74. The molecule has 1 aliphatic carbocycles. The Hall–Kier alpha value is -0.0900. The lowest BCUT2D eigenvalue weighted by molar-refractivity contribution is 0.181. The maximum atomic E-state index is 11.4. The monoisotopic (exact) mass is 231 g/mol. The predicted molar refractivity (Wildman–Crippen MR) is 61.3 cm³/mol. The molecule has 4 heteroatoms. The van der Waals surface area contributed by atoms with Crippen LogP contribution in [0.4, 0.5) is 0 Å². The van der Waals surface area contributed by atoms with E-state index in [-0.39, 0.29) is 11.5 Å². The Morgan fingerprint density at radius 2 is 1.80 bits per heavy atom. The first-order valence-corrected chi connectivity index (χ1v) is 7.73. The highest BCUT2D eigenvalue weighted by Gasteiger charge is 2.43. The summed E-state index contributed by atoms with van der Waals surface area (Å²) in [6.07, 6.45) is 5.12. The number of hydrogen-bond acceptors (Lipinski definition) is 3. The molecule has 15 heavy (non-hydrogen) atoms. The SMILES string of the molecule is CC1CCC(N)(C2CCS(=O)(=O)C2)CC1. The molecule has 0 amide bonds. The smallest absolute Gasteiger partial charge is 0.150 e. The molecule has 2 N–H and O–H groups in total. The van der Waals surface area contributed by atoms with Gasteiger partial charge in [-0.15, -0.1) is 0 Å². The Bertz CT molecular complexity index is 328. The Balaban J connectivity index is 2.04. The van der Waals surface area contributed by atoms with Crippen molar-refractivity contribution >= 4 is 9.84 Å². The third-order valence-electron chi connectivity index (χ3n) is 4.25. The van der Waals surface area contributed by atoms with Crippen molar-refractivity contribution in [2.24, 2.45) is 17.6 Å². The van der Waals surface area contributed by atoms with Crippen molar-refractivity contribution in [2.75, 3.05) is 11.5 Å². The van der Waals surface area contributed by atoms with E-state index < -0.39 is 9.84 Å². The lowest BCUT2D eigenvalue weighted by Gasteiger charge is -2.40. The molecule has 0 spiro atoms. The van der Waals surface area contributed by atoms with Crippen molar-refractivity contribution in [3.8, 4) is 0 Å². The van der Waals surface area contributed by atoms with E-state index in [1.165, 1.54) is 0 Å². The van der Waals surface area contributed by atoms with Crippen molar-refractivity contribution in [1.82, 2.24) is 0 Å². The highest BCUT2D eigenvalue weighted by Crippen LogP contribution is 2.39. The molecule has 1 saturated heterocycles. The van der Waals surface area contributed by atoms with Gasteiger partial charge in [0.2, 0.25) is 0 Å². The van der Waals surface area contributed by atoms with E-state index in [0.717, 1.165) is 38.0 Å². The summed E-state index contributed by atoms with van der Waals surface area (Å²) in [4.78, 5) is 0. The van der Waals surface area contributed by atoms with Gasteiger partial charge in [-0.1, -0.05) is 6.92 Å². The molecule has 1 aliphatic heterocycles. The molecule has 2 aliphatic rings. The van der Waals surface area contributed by atoms with Gasteiger partial charge in [-0.2, -0.15) is 0 Å². The summed E-state index contributed by atoms with van der Waals surface area (Å²) < 4.78 is 22.9. The lowest BCUT2D eigenvalue weighted by atomic mass is 9.70. The predicted octanol–water partition coefficient (Wildman–Crippen LogP) is 1.33. The second-order valence-electron chi connectivity index (χ2n) is 5.52. The van der Waals surface area contributed by atoms with Gasteiger partial charge < -0.3 is 5.73 Å². The summed E-state index contributed by atoms with van der Waals surface area (Å²) >= 11 is 0. The summed E-state index contributed by atoms with van der Waals surface area (Å²) in [5.41, 5.74) is 6.20. The van der Waals surface area contributed by atoms with E-state index in [1.54, 1.807) is 0 Å². The summed E-state index contributed by atoms with van der Waals surface area (Å²) in [5.74, 6) is 1.67. The molecule has 1 saturated carbocycles. The molecular weight excluding hydrogens is 210 g/mol. The van der Waals surface area contributed by atoms with Crippen LogP contribution in [-0.4, -0.2) is 25.5 Å². The highest BCUT2D eigenvalue weighted by atomic mass is 32.2. The van der Waals surface area contributed by atoms with Gasteiger partial charge in [0, 0.05) is 5.54 Å². The number of sulfone groups is 1. The minimum atomic E-state index is -2.78. The topological polar surface area (TPSA) is 60.2 Å². The van der Waals surface area contributed by atoms with Crippen molar-refractivity contribution in [3.05, 3.63) is 0 Å². The Morgan fingerprint density at radius 1 is 1.20 bits per heavy atom. The van der Waals surface area contributed by atoms with E-state index in [0.29, 0.717) is 11.5 Å². The zero-order chi connectivity index (χ0) is 11.1. The molecule has 0 aromatic carbocycles. The van der Waals surface area contributed by atoms with Crippen molar-refractivity contribution in [3.63, 3.8) is 0 Å². The van der Waals surface area contributed by atoms with Crippen LogP contribution in [0.3, 0.4) is 0 Å². The summed E-state index contributed by atoms with van der Waals surface area (Å²) in [7, 11) is -2.78. The van der Waals surface area contributed by atoms with Gasteiger partial charge in [0.15, 0.2) is 9.84 Å². The Kier molecular flexibility index (Phi) is 2.84. The van der Waals surface area contributed by atoms with E-state index in [1.807, 2.05) is 0 Å². The van der Waals surface area contributed by atoms with Crippen LogP contribution < -0.4 is 5.73 Å². The minimum Gasteiger partial charge on any atom is -0.325 e. The molecule has 0 bridgehead atoms. The van der Waals surface area contributed by atoms with E-state index in [4.69, 9.17) is 5.73 Å². The van der Waals surface area contributed by atoms with Crippen LogP contribution in [0.15, 0.2) is 0 Å².